The first-order chi connectivity index (χ1) is 9.97. The lowest BCUT2D eigenvalue weighted by Crippen LogP contribution is -2.09. The number of rotatable bonds is 1. The fraction of sp³-hybridized carbons (Fsp3) is 0.0625. The van der Waals surface area contributed by atoms with Gasteiger partial charge in [0.05, 0.1) is 11.1 Å². The molecular formula is C16H10F3NO. The summed E-state index contributed by atoms with van der Waals surface area (Å²) < 4.78 is 40.0. The SMILES string of the molecule is O=c1ccn(-c2cccc(C(F)(F)F)c2)c2ccccc12. The molecule has 5 heteroatoms. The van der Waals surface area contributed by atoms with Gasteiger partial charge >= 0.3 is 6.18 Å². The van der Waals surface area contributed by atoms with Crippen molar-refractivity contribution in [2.75, 3.05) is 0 Å². The highest BCUT2D eigenvalue weighted by Gasteiger charge is 2.30. The van der Waals surface area contributed by atoms with Crippen molar-refractivity contribution in [2.45, 2.75) is 6.18 Å². The molecule has 0 saturated heterocycles. The van der Waals surface area contributed by atoms with Gasteiger partial charge in [-0.25, -0.2) is 0 Å². The fourth-order valence-corrected chi connectivity index (χ4v) is 2.26. The van der Waals surface area contributed by atoms with Crippen LogP contribution in [0.4, 0.5) is 13.2 Å². The minimum Gasteiger partial charge on any atom is -0.316 e. The zero-order valence-electron chi connectivity index (χ0n) is 10.8. The van der Waals surface area contributed by atoms with E-state index in [0.717, 1.165) is 12.1 Å². The van der Waals surface area contributed by atoms with Crippen LogP contribution in [0.15, 0.2) is 65.6 Å². The number of benzene rings is 2. The highest BCUT2D eigenvalue weighted by Crippen LogP contribution is 2.30. The van der Waals surface area contributed by atoms with E-state index in [4.69, 9.17) is 0 Å². The molecule has 1 heterocycles. The third-order valence-corrected chi connectivity index (χ3v) is 3.26. The predicted molar refractivity (Wildman–Crippen MR) is 74.5 cm³/mol. The lowest BCUT2D eigenvalue weighted by Gasteiger charge is -2.13. The molecule has 0 fully saturated rings. The van der Waals surface area contributed by atoms with Gasteiger partial charge in [0.1, 0.15) is 0 Å². The molecule has 3 aromatic rings. The molecule has 0 N–H and O–H groups in total. The van der Waals surface area contributed by atoms with E-state index < -0.39 is 11.7 Å². The summed E-state index contributed by atoms with van der Waals surface area (Å²) in [5.74, 6) is 0. The summed E-state index contributed by atoms with van der Waals surface area (Å²) in [5.41, 5.74) is 0.0574. The number of alkyl halides is 3. The number of aromatic nitrogens is 1. The van der Waals surface area contributed by atoms with Crippen LogP contribution in [-0.4, -0.2) is 4.57 Å². The van der Waals surface area contributed by atoms with Crippen molar-refractivity contribution in [3.63, 3.8) is 0 Å². The van der Waals surface area contributed by atoms with Crippen LogP contribution >= 0.6 is 0 Å². The molecule has 0 aliphatic rings. The summed E-state index contributed by atoms with van der Waals surface area (Å²) in [6.45, 7) is 0. The van der Waals surface area contributed by atoms with E-state index in [1.165, 1.54) is 18.3 Å². The number of fused-ring (bicyclic) bond motifs is 1. The second-order valence-electron chi connectivity index (χ2n) is 4.62. The van der Waals surface area contributed by atoms with Gasteiger partial charge in [-0.1, -0.05) is 18.2 Å². The van der Waals surface area contributed by atoms with Gasteiger partial charge in [0.25, 0.3) is 0 Å². The summed E-state index contributed by atoms with van der Waals surface area (Å²) in [7, 11) is 0. The smallest absolute Gasteiger partial charge is 0.316 e. The lowest BCUT2D eigenvalue weighted by molar-refractivity contribution is -0.137. The molecular weight excluding hydrogens is 279 g/mol. The van der Waals surface area contributed by atoms with Gasteiger partial charge < -0.3 is 4.57 Å². The van der Waals surface area contributed by atoms with Crippen LogP contribution in [-0.2, 0) is 6.18 Å². The molecule has 0 bridgehead atoms. The maximum atomic E-state index is 12.8. The molecule has 21 heavy (non-hydrogen) atoms. The van der Waals surface area contributed by atoms with E-state index in [9.17, 15) is 18.0 Å². The minimum atomic E-state index is -4.40. The van der Waals surface area contributed by atoms with Crippen LogP contribution in [0.1, 0.15) is 5.56 Å². The molecule has 1 aromatic heterocycles. The number of halogens is 3. The van der Waals surface area contributed by atoms with Gasteiger partial charge in [-0.3, -0.25) is 4.79 Å². The van der Waals surface area contributed by atoms with Crippen LogP contribution in [0, 0.1) is 0 Å². The van der Waals surface area contributed by atoms with Crippen molar-refractivity contribution in [3.05, 3.63) is 76.6 Å². The zero-order valence-corrected chi connectivity index (χ0v) is 10.8. The molecule has 0 aliphatic carbocycles. The highest BCUT2D eigenvalue weighted by atomic mass is 19.4. The van der Waals surface area contributed by atoms with E-state index in [2.05, 4.69) is 0 Å². The Morgan fingerprint density at radius 2 is 1.67 bits per heavy atom. The molecule has 2 aromatic carbocycles. The highest BCUT2D eigenvalue weighted by molar-refractivity contribution is 5.80. The molecule has 106 valence electrons. The summed E-state index contributed by atoms with van der Waals surface area (Å²) in [6, 6.07) is 13.2. The largest absolute Gasteiger partial charge is 0.416 e. The number of nitrogens with zero attached hydrogens (tertiary/aromatic N) is 1. The van der Waals surface area contributed by atoms with Crippen molar-refractivity contribution < 1.29 is 13.2 Å². The topological polar surface area (TPSA) is 22.0 Å². The van der Waals surface area contributed by atoms with Gasteiger partial charge in [-0.05, 0) is 30.3 Å². The molecule has 3 rings (SSSR count). The molecule has 0 unspecified atom stereocenters. The van der Waals surface area contributed by atoms with Gasteiger partial charge in [0.2, 0.25) is 0 Å². The summed E-state index contributed by atoms with van der Waals surface area (Å²) in [5, 5.41) is 0.470. The molecule has 0 radical (unpaired) electrons. The van der Waals surface area contributed by atoms with Gasteiger partial charge in [-0.15, -0.1) is 0 Å². The Balaban J connectivity index is 2.27. The zero-order chi connectivity index (χ0) is 15.0. The average Bonchev–Trinajstić information content (AvgIpc) is 2.47. The van der Waals surface area contributed by atoms with Crippen molar-refractivity contribution in [1.82, 2.24) is 4.57 Å². The number of para-hydroxylation sites is 1. The van der Waals surface area contributed by atoms with Crippen molar-refractivity contribution in [1.29, 1.82) is 0 Å². The number of pyridine rings is 1. The second kappa shape index (κ2) is 4.77. The second-order valence-corrected chi connectivity index (χ2v) is 4.62. The maximum absolute atomic E-state index is 12.8. The molecule has 0 saturated carbocycles. The van der Waals surface area contributed by atoms with Gasteiger partial charge in [0, 0.05) is 23.3 Å². The van der Waals surface area contributed by atoms with Crippen molar-refractivity contribution in [3.8, 4) is 5.69 Å². The van der Waals surface area contributed by atoms with Crippen LogP contribution in [0.5, 0.6) is 0 Å². The van der Waals surface area contributed by atoms with Crippen molar-refractivity contribution >= 4 is 10.9 Å². The molecule has 0 amide bonds. The standard InChI is InChI=1S/C16H10F3NO/c17-16(18,19)11-4-3-5-12(10-11)20-9-8-15(21)13-6-1-2-7-14(13)20/h1-10H. The summed E-state index contributed by atoms with van der Waals surface area (Å²) in [4.78, 5) is 11.8. The first kappa shape index (κ1) is 13.4. The normalized spacial score (nSPS) is 11.8. The van der Waals surface area contributed by atoms with Crippen LogP contribution < -0.4 is 5.43 Å². The molecule has 0 atom stereocenters. The number of hydrogen-bond donors (Lipinski definition) is 0. The third kappa shape index (κ3) is 2.42. The predicted octanol–water partition coefficient (Wildman–Crippen LogP) is 4.01. The Kier molecular flexibility index (Phi) is 3.05. The van der Waals surface area contributed by atoms with Crippen LogP contribution in [0.25, 0.3) is 16.6 Å². The summed E-state index contributed by atoms with van der Waals surface area (Å²) in [6.07, 6.45) is -2.91. The van der Waals surface area contributed by atoms with Crippen LogP contribution in [0.3, 0.4) is 0 Å². The quantitative estimate of drug-likeness (QED) is 0.663. The Labute approximate surface area is 118 Å². The summed E-state index contributed by atoms with van der Waals surface area (Å²) >= 11 is 0. The number of hydrogen-bond acceptors (Lipinski definition) is 1. The van der Waals surface area contributed by atoms with Gasteiger partial charge in [-0.2, -0.15) is 13.2 Å². The van der Waals surface area contributed by atoms with E-state index in [-0.39, 0.29) is 5.43 Å². The molecule has 0 spiro atoms. The van der Waals surface area contributed by atoms with Gasteiger partial charge in [0.15, 0.2) is 5.43 Å². The van der Waals surface area contributed by atoms with E-state index >= 15 is 0 Å². The lowest BCUT2D eigenvalue weighted by atomic mass is 10.1. The molecule has 0 aliphatic heterocycles. The third-order valence-electron chi connectivity index (χ3n) is 3.26. The van der Waals surface area contributed by atoms with E-state index in [1.54, 1.807) is 34.9 Å². The van der Waals surface area contributed by atoms with Crippen molar-refractivity contribution in [2.24, 2.45) is 0 Å². The monoisotopic (exact) mass is 289 g/mol. The first-order valence-corrected chi connectivity index (χ1v) is 6.25. The van der Waals surface area contributed by atoms with E-state index in [0.29, 0.717) is 16.6 Å². The Morgan fingerprint density at radius 3 is 2.43 bits per heavy atom. The first-order valence-electron chi connectivity index (χ1n) is 6.25. The maximum Gasteiger partial charge on any atom is 0.416 e. The average molecular weight is 289 g/mol. The fourth-order valence-electron chi connectivity index (χ4n) is 2.26. The Hall–Kier alpha value is -2.56. The minimum absolute atomic E-state index is 0.158. The Bertz CT molecular complexity index is 865. The van der Waals surface area contributed by atoms with Crippen LogP contribution in [0.2, 0.25) is 0 Å². The Morgan fingerprint density at radius 1 is 0.905 bits per heavy atom. The van der Waals surface area contributed by atoms with E-state index in [1.807, 2.05) is 0 Å². The molecule has 2 nitrogen and oxygen atoms in total.